The molecule has 0 atom stereocenters. The van der Waals surface area contributed by atoms with Crippen LogP contribution in [0.4, 0.5) is 23.7 Å². The van der Waals surface area contributed by atoms with Crippen LogP contribution in [0, 0.1) is 0 Å². The highest BCUT2D eigenvalue weighted by Gasteiger charge is 2.37. The van der Waals surface area contributed by atoms with Crippen molar-refractivity contribution in [3.8, 4) is 22.7 Å². The number of esters is 1. The molecule has 1 aliphatic heterocycles. The van der Waals surface area contributed by atoms with E-state index in [0.717, 1.165) is 11.6 Å². The molecule has 286 valence electrons. The van der Waals surface area contributed by atoms with Crippen molar-refractivity contribution < 1.29 is 37.0 Å². The number of alkyl halides is 3. The van der Waals surface area contributed by atoms with Crippen LogP contribution in [0.2, 0.25) is 0 Å². The number of rotatable bonds is 7. The minimum Gasteiger partial charge on any atom is -0.477 e. The average molecular weight is 749 g/mol. The Bertz CT molecular complexity index is 2260. The zero-order valence-corrected chi connectivity index (χ0v) is 31.3. The lowest BCUT2D eigenvalue weighted by atomic mass is 10.0. The van der Waals surface area contributed by atoms with Gasteiger partial charge in [0.2, 0.25) is 5.88 Å². The van der Waals surface area contributed by atoms with Gasteiger partial charge < -0.3 is 24.0 Å². The van der Waals surface area contributed by atoms with Crippen LogP contribution < -0.4 is 15.3 Å². The SMILES string of the molecule is Cn1c(=O)n(-c2ccc(N3CCN(C(=O)OC(C)(C)C)CC3)c(C(F)(F)F)c2)c2c3cc(-c4ccc(OCCC(=O)OC(C)(C)C)nc4)ccc3ncc21. The van der Waals surface area contributed by atoms with Gasteiger partial charge in [-0.05, 0) is 83.5 Å². The maximum atomic E-state index is 14.7. The largest absolute Gasteiger partial charge is 0.477 e. The zero-order chi connectivity index (χ0) is 39.2. The predicted molar refractivity (Wildman–Crippen MR) is 198 cm³/mol. The van der Waals surface area contributed by atoms with E-state index in [1.54, 1.807) is 77.9 Å². The summed E-state index contributed by atoms with van der Waals surface area (Å²) in [5.41, 5.74) is 0.105. The molecule has 0 spiro atoms. The molecule has 1 aliphatic rings. The minimum atomic E-state index is -4.74. The van der Waals surface area contributed by atoms with E-state index in [9.17, 15) is 27.6 Å². The minimum absolute atomic E-state index is 0.0399. The highest BCUT2D eigenvalue weighted by Crippen LogP contribution is 2.39. The molecule has 6 rings (SSSR count). The Morgan fingerprint density at radius 1 is 0.815 bits per heavy atom. The molecule has 15 heteroatoms. The molecule has 4 heterocycles. The van der Waals surface area contributed by atoms with E-state index >= 15 is 0 Å². The third kappa shape index (κ3) is 8.29. The number of halogens is 3. The monoisotopic (exact) mass is 748 g/mol. The Balaban J connectivity index is 1.31. The van der Waals surface area contributed by atoms with E-state index in [1.165, 1.54) is 32.4 Å². The van der Waals surface area contributed by atoms with Crippen LogP contribution in [0.25, 0.3) is 38.8 Å². The second kappa shape index (κ2) is 14.3. The number of anilines is 1. The van der Waals surface area contributed by atoms with Crippen LogP contribution in [0.3, 0.4) is 0 Å². The summed E-state index contributed by atoms with van der Waals surface area (Å²) in [4.78, 5) is 50.3. The Morgan fingerprint density at radius 2 is 1.50 bits per heavy atom. The Kier molecular flexibility index (Phi) is 10.1. The van der Waals surface area contributed by atoms with E-state index in [-0.39, 0.29) is 56.6 Å². The fourth-order valence-corrected chi connectivity index (χ4v) is 6.31. The summed E-state index contributed by atoms with van der Waals surface area (Å²) < 4.78 is 63.2. The van der Waals surface area contributed by atoms with E-state index in [1.807, 2.05) is 12.1 Å². The maximum absolute atomic E-state index is 14.7. The zero-order valence-electron chi connectivity index (χ0n) is 31.3. The first kappa shape index (κ1) is 38.1. The van der Waals surface area contributed by atoms with Crippen molar-refractivity contribution in [1.82, 2.24) is 24.0 Å². The van der Waals surface area contributed by atoms with Crippen molar-refractivity contribution in [2.75, 3.05) is 37.7 Å². The van der Waals surface area contributed by atoms with Gasteiger partial charge in [-0.25, -0.2) is 14.6 Å². The molecular weight excluding hydrogens is 705 g/mol. The Labute approximate surface area is 310 Å². The van der Waals surface area contributed by atoms with Gasteiger partial charge in [0.25, 0.3) is 0 Å². The number of carbonyl (C=O) groups is 2. The molecule has 0 aliphatic carbocycles. The molecular formula is C39H43F3N6O6. The maximum Gasteiger partial charge on any atom is 0.418 e. The number of imidazole rings is 1. The third-order valence-electron chi connectivity index (χ3n) is 8.75. The normalized spacial score (nSPS) is 14.1. The number of hydrogen-bond donors (Lipinski definition) is 0. The molecule has 0 bridgehead atoms. The number of amides is 1. The lowest BCUT2D eigenvalue weighted by Crippen LogP contribution is -2.50. The second-order valence-electron chi connectivity index (χ2n) is 15.1. The van der Waals surface area contributed by atoms with Gasteiger partial charge in [-0.1, -0.05) is 6.07 Å². The summed E-state index contributed by atoms with van der Waals surface area (Å²) in [5, 5.41) is 0.552. The van der Waals surface area contributed by atoms with Crippen LogP contribution in [-0.4, -0.2) is 80.1 Å². The predicted octanol–water partition coefficient (Wildman–Crippen LogP) is 7.13. The van der Waals surface area contributed by atoms with Gasteiger partial charge in [0, 0.05) is 62.1 Å². The number of ether oxygens (including phenoxy) is 3. The van der Waals surface area contributed by atoms with Crippen LogP contribution in [0.15, 0.2) is 65.7 Å². The number of aromatic nitrogens is 4. The number of pyridine rings is 2. The van der Waals surface area contributed by atoms with E-state index in [0.29, 0.717) is 33.4 Å². The molecule has 1 saturated heterocycles. The fourth-order valence-electron chi connectivity index (χ4n) is 6.31. The summed E-state index contributed by atoms with van der Waals surface area (Å²) >= 11 is 0. The number of piperazine rings is 1. The van der Waals surface area contributed by atoms with Crippen LogP contribution >= 0.6 is 0 Å². The summed E-state index contributed by atoms with van der Waals surface area (Å²) in [6, 6.07) is 12.8. The molecule has 54 heavy (non-hydrogen) atoms. The standard InChI is InChI=1S/C39H43F3N6O6/c1-37(2,3)53-33(49)14-19-52-32-13-9-25(22-44-32)24-8-11-29-27(20-24)34-31(23-43-29)45(7)35(50)48(34)26-10-12-30(28(21-26)39(40,41)42)46-15-17-47(18-16-46)36(51)54-38(4,5)6/h8-13,20-23H,14-19H2,1-7H3. The first-order valence-electron chi connectivity index (χ1n) is 17.5. The third-order valence-corrected chi connectivity index (χ3v) is 8.75. The van der Waals surface area contributed by atoms with Gasteiger partial charge in [-0.3, -0.25) is 18.9 Å². The van der Waals surface area contributed by atoms with Crippen molar-refractivity contribution in [3.05, 3.63) is 77.0 Å². The summed E-state index contributed by atoms with van der Waals surface area (Å²) in [6.07, 6.45) is -2.05. The summed E-state index contributed by atoms with van der Waals surface area (Å²) in [5.74, 6) is -0.0618. The van der Waals surface area contributed by atoms with Crippen LogP contribution in [0.5, 0.6) is 5.88 Å². The molecule has 12 nitrogen and oxygen atoms in total. The summed E-state index contributed by atoms with van der Waals surface area (Å²) in [6.45, 7) is 11.4. The Morgan fingerprint density at radius 3 is 2.13 bits per heavy atom. The highest BCUT2D eigenvalue weighted by atomic mass is 19.4. The van der Waals surface area contributed by atoms with Crippen molar-refractivity contribution in [2.24, 2.45) is 7.05 Å². The first-order valence-corrected chi connectivity index (χ1v) is 17.5. The molecule has 1 fully saturated rings. The van der Waals surface area contributed by atoms with Crippen molar-refractivity contribution in [1.29, 1.82) is 0 Å². The average Bonchev–Trinajstić information content (AvgIpc) is 3.35. The number of benzene rings is 2. The quantitative estimate of drug-likeness (QED) is 0.160. The number of fused-ring (bicyclic) bond motifs is 3. The van der Waals surface area contributed by atoms with Crippen LogP contribution in [0.1, 0.15) is 53.5 Å². The lowest BCUT2D eigenvalue weighted by molar-refractivity contribution is -0.155. The molecule has 5 aromatic rings. The molecule has 2 aromatic carbocycles. The van der Waals surface area contributed by atoms with E-state index in [2.05, 4.69) is 9.97 Å². The molecule has 0 N–H and O–H groups in total. The molecule has 0 saturated carbocycles. The van der Waals surface area contributed by atoms with Gasteiger partial charge in [-0.15, -0.1) is 0 Å². The molecule has 1 amide bonds. The number of carbonyl (C=O) groups excluding carboxylic acids is 2. The van der Waals surface area contributed by atoms with Crippen LogP contribution in [-0.2, 0) is 27.5 Å². The number of aryl methyl sites for hydroxylation is 1. The van der Waals surface area contributed by atoms with E-state index in [4.69, 9.17) is 14.2 Å². The second-order valence-corrected chi connectivity index (χ2v) is 15.1. The van der Waals surface area contributed by atoms with Gasteiger partial charge in [0.1, 0.15) is 17.8 Å². The summed E-state index contributed by atoms with van der Waals surface area (Å²) in [7, 11) is 1.55. The molecule has 3 aromatic heterocycles. The van der Waals surface area contributed by atoms with Gasteiger partial charge in [0.05, 0.1) is 40.4 Å². The Hall–Kier alpha value is -5.60. The van der Waals surface area contributed by atoms with Gasteiger partial charge >= 0.3 is 23.9 Å². The first-order chi connectivity index (χ1) is 25.3. The van der Waals surface area contributed by atoms with Gasteiger partial charge in [0.15, 0.2) is 0 Å². The highest BCUT2D eigenvalue weighted by molar-refractivity contribution is 6.04. The fraction of sp³-hybridized carbons (Fsp3) is 0.410. The number of hydrogen-bond acceptors (Lipinski definition) is 9. The topological polar surface area (TPSA) is 121 Å². The van der Waals surface area contributed by atoms with Crippen molar-refractivity contribution in [2.45, 2.75) is 65.3 Å². The number of nitrogens with zero attached hydrogens (tertiary/aromatic N) is 6. The molecule has 0 unspecified atom stereocenters. The van der Waals surface area contributed by atoms with E-state index < -0.39 is 34.7 Å². The smallest absolute Gasteiger partial charge is 0.418 e. The van der Waals surface area contributed by atoms with Crippen molar-refractivity contribution in [3.63, 3.8) is 0 Å². The van der Waals surface area contributed by atoms with Gasteiger partial charge in [-0.2, -0.15) is 13.2 Å². The lowest BCUT2D eigenvalue weighted by Gasteiger charge is -2.37. The van der Waals surface area contributed by atoms with Crippen molar-refractivity contribution >= 4 is 39.7 Å². The molecule has 0 radical (unpaired) electrons.